The van der Waals surface area contributed by atoms with Crippen LogP contribution in [0.2, 0.25) is 0 Å². The number of allylic oxidation sites excluding steroid dienone is 1. The van der Waals surface area contributed by atoms with Gasteiger partial charge in [0.15, 0.2) is 9.84 Å². The van der Waals surface area contributed by atoms with Crippen LogP contribution < -0.4 is 0 Å². The van der Waals surface area contributed by atoms with Crippen molar-refractivity contribution in [1.82, 2.24) is 0 Å². The van der Waals surface area contributed by atoms with E-state index in [1.807, 2.05) is 6.08 Å². The van der Waals surface area contributed by atoms with Crippen LogP contribution in [-0.2, 0) is 22.0 Å². The minimum absolute atomic E-state index is 0.0331. The van der Waals surface area contributed by atoms with E-state index in [-0.39, 0.29) is 5.75 Å². The Hall–Kier alpha value is -1.81. The Bertz CT molecular complexity index is 639. The third-order valence-electron chi connectivity index (χ3n) is 2.76. The molecule has 2 rings (SSSR count). The molecule has 2 aromatic rings. The molecule has 0 spiro atoms. The summed E-state index contributed by atoms with van der Waals surface area (Å²) in [5.41, 5.74) is 0.683. The number of sulfone groups is 1. The molecule has 0 bridgehead atoms. The molecule has 1 aromatic heterocycles. The van der Waals surface area contributed by atoms with Crippen molar-refractivity contribution in [2.75, 3.05) is 0 Å². The largest absolute Gasteiger partial charge is 0.469 e. The minimum atomic E-state index is -3.30. The van der Waals surface area contributed by atoms with Gasteiger partial charge in [-0.25, -0.2) is 8.42 Å². The van der Waals surface area contributed by atoms with Crippen molar-refractivity contribution in [3.8, 4) is 0 Å². The Morgan fingerprint density at radius 1 is 1.21 bits per heavy atom. The van der Waals surface area contributed by atoms with Crippen LogP contribution in [0.15, 0.2) is 64.6 Å². The molecule has 0 saturated heterocycles. The van der Waals surface area contributed by atoms with Gasteiger partial charge in [-0.15, -0.1) is 6.58 Å². The van der Waals surface area contributed by atoms with Crippen molar-refractivity contribution in [3.05, 3.63) is 66.6 Å². The molecular formula is C15H16O3S. The van der Waals surface area contributed by atoms with E-state index in [9.17, 15) is 8.42 Å². The molecule has 1 heterocycles. The Balaban J connectivity index is 2.12. The lowest BCUT2D eigenvalue weighted by atomic mass is 10.2. The molecule has 100 valence electrons. The van der Waals surface area contributed by atoms with Crippen molar-refractivity contribution in [3.63, 3.8) is 0 Å². The highest BCUT2D eigenvalue weighted by Gasteiger charge is 2.16. The first-order valence-corrected chi connectivity index (χ1v) is 7.72. The molecule has 0 aliphatic carbocycles. The van der Waals surface area contributed by atoms with Gasteiger partial charge in [0.25, 0.3) is 0 Å². The number of benzene rings is 1. The van der Waals surface area contributed by atoms with Crippen LogP contribution >= 0.6 is 0 Å². The maximum Gasteiger partial charge on any atom is 0.182 e. The van der Waals surface area contributed by atoms with E-state index < -0.39 is 9.84 Å². The fourth-order valence-corrected chi connectivity index (χ4v) is 3.14. The highest BCUT2D eigenvalue weighted by atomic mass is 32.2. The predicted octanol–water partition coefficient (Wildman–Crippen LogP) is 3.37. The van der Waals surface area contributed by atoms with E-state index in [2.05, 4.69) is 6.58 Å². The van der Waals surface area contributed by atoms with Gasteiger partial charge in [0.1, 0.15) is 5.76 Å². The number of furan rings is 1. The minimum Gasteiger partial charge on any atom is -0.469 e. The van der Waals surface area contributed by atoms with E-state index in [1.165, 1.54) is 6.26 Å². The first kappa shape index (κ1) is 13.6. The summed E-state index contributed by atoms with van der Waals surface area (Å²) in [4.78, 5) is 0.337. The van der Waals surface area contributed by atoms with Gasteiger partial charge in [-0.3, -0.25) is 0 Å². The molecule has 0 radical (unpaired) electrons. The maximum absolute atomic E-state index is 12.2. The molecule has 0 N–H and O–H groups in total. The van der Waals surface area contributed by atoms with Crippen LogP contribution in [0.25, 0.3) is 0 Å². The van der Waals surface area contributed by atoms with Crippen LogP contribution in [0.5, 0.6) is 0 Å². The van der Waals surface area contributed by atoms with E-state index in [4.69, 9.17) is 4.42 Å². The topological polar surface area (TPSA) is 47.3 Å². The van der Waals surface area contributed by atoms with Gasteiger partial charge >= 0.3 is 0 Å². The molecule has 0 aliphatic heterocycles. The zero-order valence-corrected chi connectivity index (χ0v) is 11.4. The fourth-order valence-electron chi connectivity index (χ4n) is 1.81. The Morgan fingerprint density at radius 3 is 2.63 bits per heavy atom. The molecule has 1 aromatic carbocycles. The lowest BCUT2D eigenvalue weighted by Gasteiger charge is -2.01. The number of hydrogen-bond donors (Lipinski definition) is 0. The second-order valence-electron chi connectivity index (χ2n) is 4.32. The molecule has 19 heavy (non-hydrogen) atoms. The molecule has 3 nitrogen and oxygen atoms in total. The summed E-state index contributed by atoms with van der Waals surface area (Å²) < 4.78 is 29.7. The van der Waals surface area contributed by atoms with Crippen molar-refractivity contribution in [2.45, 2.75) is 23.5 Å². The highest BCUT2D eigenvalue weighted by molar-refractivity contribution is 7.90. The standard InChI is InChI=1S/C15H16O3S/c1-2-3-7-14-10-13(11-18-14)12-19(16,17)15-8-5-4-6-9-15/h2,4-6,8-11H,1,3,7,12H2. The van der Waals surface area contributed by atoms with Gasteiger partial charge in [-0.2, -0.15) is 0 Å². The van der Waals surface area contributed by atoms with E-state index >= 15 is 0 Å². The first-order chi connectivity index (χ1) is 9.12. The smallest absolute Gasteiger partial charge is 0.182 e. The summed E-state index contributed by atoms with van der Waals surface area (Å²) in [6.07, 6.45) is 4.88. The Labute approximate surface area is 113 Å². The van der Waals surface area contributed by atoms with Crippen molar-refractivity contribution >= 4 is 9.84 Å². The molecule has 0 atom stereocenters. The van der Waals surface area contributed by atoms with E-state index in [0.29, 0.717) is 10.5 Å². The lowest BCUT2D eigenvalue weighted by Crippen LogP contribution is -2.03. The van der Waals surface area contributed by atoms with Crippen molar-refractivity contribution < 1.29 is 12.8 Å². The van der Waals surface area contributed by atoms with Gasteiger partial charge < -0.3 is 4.42 Å². The zero-order valence-electron chi connectivity index (χ0n) is 10.6. The van der Waals surface area contributed by atoms with Crippen LogP contribution in [0.1, 0.15) is 17.7 Å². The molecule has 0 aliphatic rings. The summed E-state index contributed by atoms with van der Waals surface area (Å²) in [7, 11) is -3.30. The van der Waals surface area contributed by atoms with Gasteiger partial charge in [0.05, 0.1) is 16.9 Å². The summed E-state index contributed by atoms with van der Waals surface area (Å²) in [6.45, 7) is 3.64. The second kappa shape index (κ2) is 5.89. The van der Waals surface area contributed by atoms with Crippen LogP contribution in [0.3, 0.4) is 0 Å². The molecule has 0 fully saturated rings. The monoisotopic (exact) mass is 276 g/mol. The third kappa shape index (κ3) is 3.58. The fraction of sp³-hybridized carbons (Fsp3) is 0.200. The Morgan fingerprint density at radius 2 is 1.95 bits per heavy atom. The van der Waals surface area contributed by atoms with Crippen LogP contribution in [0.4, 0.5) is 0 Å². The molecular weight excluding hydrogens is 260 g/mol. The molecule has 4 heteroatoms. The van der Waals surface area contributed by atoms with E-state index in [1.54, 1.807) is 36.4 Å². The number of rotatable bonds is 6. The van der Waals surface area contributed by atoms with Gasteiger partial charge in [-0.05, 0) is 24.6 Å². The predicted molar refractivity (Wildman–Crippen MR) is 74.6 cm³/mol. The normalized spacial score (nSPS) is 11.4. The summed E-state index contributed by atoms with van der Waals surface area (Å²) >= 11 is 0. The van der Waals surface area contributed by atoms with Gasteiger partial charge in [-0.1, -0.05) is 24.3 Å². The average Bonchev–Trinajstić information content (AvgIpc) is 2.84. The lowest BCUT2D eigenvalue weighted by molar-refractivity contribution is 0.508. The summed E-state index contributed by atoms with van der Waals surface area (Å²) in [5.74, 6) is 0.757. The summed E-state index contributed by atoms with van der Waals surface area (Å²) in [5, 5.41) is 0. The molecule has 0 unspecified atom stereocenters. The number of hydrogen-bond acceptors (Lipinski definition) is 3. The van der Waals surface area contributed by atoms with Gasteiger partial charge in [0, 0.05) is 12.0 Å². The molecule has 0 amide bonds. The van der Waals surface area contributed by atoms with Gasteiger partial charge in [0.2, 0.25) is 0 Å². The SMILES string of the molecule is C=CCCc1cc(CS(=O)(=O)c2ccccc2)co1. The number of aryl methyl sites for hydroxylation is 1. The average molecular weight is 276 g/mol. The van der Waals surface area contributed by atoms with Crippen molar-refractivity contribution in [1.29, 1.82) is 0 Å². The second-order valence-corrected chi connectivity index (χ2v) is 6.31. The quantitative estimate of drug-likeness (QED) is 0.760. The highest BCUT2D eigenvalue weighted by Crippen LogP contribution is 2.18. The first-order valence-electron chi connectivity index (χ1n) is 6.07. The van der Waals surface area contributed by atoms with Crippen molar-refractivity contribution in [2.24, 2.45) is 0 Å². The summed E-state index contributed by atoms with van der Waals surface area (Å²) in [6, 6.07) is 10.2. The zero-order chi connectivity index (χ0) is 13.7. The third-order valence-corrected chi connectivity index (χ3v) is 4.47. The Kier molecular flexibility index (Phi) is 4.22. The maximum atomic E-state index is 12.2. The van der Waals surface area contributed by atoms with E-state index in [0.717, 1.165) is 18.6 Å². The molecule has 0 saturated carbocycles. The van der Waals surface area contributed by atoms with Crippen LogP contribution in [-0.4, -0.2) is 8.42 Å². The van der Waals surface area contributed by atoms with Crippen LogP contribution in [0, 0.1) is 0 Å².